The average molecular weight is 332 g/mol. The number of nitrogens with two attached hydrogens (primary N) is 1. The summed E-state index contributed by atoms with van der Waals surface area (Å²) < 4.78 is 112. The summed E-state index contributed by atoms with van der Waals surface area (Å²) in [5.74, 6) is 0. The maximum absolute atomic E-state index is 12.6. The molecule has 12 heteroatoms. The van der Waals surface area contributed by atoms with Gasteiger partial charge in [0.15, 0.2) is 0 Å². The van der Waals surface area contributed by atoms with Crippen LogP contribution in [0.1, 0.15) is 0 Å². The van der Waals surface area contributed by atoms with Gasteiger partial charge in [-0.15, -0.1) is 0 Å². The van der Waals surface area contributed by atoms with Crippen LogP contribution < -0.4 is 5.73 Å². The van der Waals surface area contributed by atoms with Gasteiger partial charge in [-0.1, -0.05) is 6.58 Å². The summed E-state index contributed by atoms with van der Waals surface area (Å²) in [5.41, 5.74) is -1.98. The van der Waals surface area contributed by atoms with Crippen LogP contribution in [0.15, 0.2) is 12.2 Å². The van der Waals surface area contributed by atoms with Gasteiger partial charge < -0.3 is 0 Å². The van der Waals surface area contributed by atoms with Gasteiger partial charge in [0.1, 0.15) is 6.29 Å². The van der Waals surface area contributed by atoms with Crippen LogP contribution in [0.5, 0.6) is 0 Å². The normalized spacial score (nSPS) is 14.4. The van der Waals surface area contributed by atoms with Crippen LogP contribution in [0.25, 0.3) is 0 Å². The van der Waals surface area contributed by atoms with Gasteiger partial charge in [0, 0.05) is 6.54 Å². The Morgan fingerprint density at radius 1 is 1.00 bits per heavy atom. The molecule has 0 saturated carbocycles. The molecule has 0 rings (SSSR count). The van der Waals surface area contributed by atoms with Gasteiger partial charge in [-0.25, -0.2) is 0 Å². The van der Waals surface area contributed by atoms with Gasteiger partial charge in [0.2, 0.25) is 0 Å². The van der Waals surface area contributed by atoms with E-state index in [-0.39, 0.29) is 6.29 Å². The van der Waals surface area contributed by atoms with Crippen molar-refractivity contribution in [1.29, 1.82) is 0 Å². The van der Waals surface area contributed by atoms with Crippen molar-refractivity contribution in [3.8, 4) is 0 Å². The number of hydrogen-bond acceptors (Lipinski definition) is 3. The van der Waals surface area contributed by atoms with Gasteiger partial charge in [-0.05, 0) is 5.57 Å². The van der Waals surface area contributed by atoms with Crippen LogP contribution in [0.2, 0.25) is 0 Å². The first kappa shape index (κ1) is 19.7. The first-order valence-corrected chi connectivity index (χ1v) is 4.93. The fourth-order valence-corrected chi connectivity index (χ4v) is 1.32. The van der Waals surface area contributed by atoms with Crippen molar-refractivity contribution >= 4 is 6.29 Å². The maximum Gasteiger partial charge on any atom is 0.429 e. The maximum atomic E-state index is 12.6. The molecule has 0 spiro atoms. The molecule has 0 bridgehead atoms. The molecular weight excluding hydrogens is 323 g/mol. The molecule has 3 nitrogen and oxygen atoms in total. The van der Waals surface area contributed by atoms with E-state index in [0.717, 1.165) is 0 Å². The Bertz CT molecular complexity index is 381. The Labute approximate surface area is 112 Å². The number of hydrogen-bond donors (Lipinski definition) is 1. The fraction of sp³-hybridized carbons (Fsp3) is 0.667. The van der Waals surface area contributed by atoms with Crippen LogP contribution in [-0.2, 0) is 4.79 Å². The van der Waals surface area contributed by atoms with Gasteiger partial charge in [-0.2, -0.15) is 39.5 Å². The lowest BCUT2D eigenvalue weighted by atomic mass is 10.1. The van der Waals surface area contributed by atoms with E-state index >= 15 is 0 Å². The molecule has 0 atom stereocenters. The van der Waals surface area contributed by atoms with Crippen molar-refractivity contribution in [3.63, 3.8) is 0 Å². The average Bonchev–Trinajstić information content (AvgIpc) is 2.21. The number of carbonyl (C=O) groups is 1. The lowest BCUT2D eigenvalue weighted by Crippen LogP contribution is -2.74. The summed E-state index contributed by atoms with van der Waals surface area (Å²) in [5, 5.41) is 0. The number of aldehydes is 1. The van der Waals surface area contributed by atoms with E-state index in [1.54, 1.807) is 0 Å². The molecule has 0 aliphatic carbocycles. The lowest BCUT2D eigenvalue weighted by Gasteiger charge is -2.42. The second-order valence-electron chi connectivity index (χ2n) is 4.01. The molecule has 0 aliphatic rings. The van der Waals surface area contributed by atoms with Crippen molar-refractivity contribution < 1.29 is 44.3 Å². The Balaban J connectivity index is 5.92. The molecule has 0 unspecified atom stereocenters. The highest BCUT2D eigenvalue weighted by atomic mass is 19.4. The molecular formula is C9H9F9N2O. The van der Waals surface area contributed by atoms with Crippen LogP contribution >= 0.6 is 0 Å². The summed E-state index contributed by atoms with van der Waals surface area (Å²) in [6.45, 7) is -1.53. The third-order valence-corrected chi connectivity index (χ3v) is 2.29. The van der Waals surface area contributed by atoms with Crippen molar-refractivity contribution in [1.82, 2.24) is 4.90 Å². The first-order valence-electron chi connectivity index (χ1n) is 4.93. The van der Waals surface area contributed by atoms with E-state index < -0.39 is 47.8 Å². The van der Waals surface area contributed by atoms with Crippen molar-refractivity contribution in [3.05, 3.63) is 12.2 Å². The summed E-state index contributed by atoms with van der Waals surface area (Å²) in [6.07, 6.45) is -18.2. The summed E-state index contributed by atoms with van der Waals surface area (Å²) >= 11 is 0. The second-order valence-corrected chi connectivity index (χ2v) is 4.01. The molecule has 0 radical (unpaired) electrons. The topological polar surface area (TPSA) is 46.3 Å². The molecule has 0 aromatic rings. The van der Waals surface area contributed by atoms with E-state index in [4.69, 9.17) is 0 Å². The summed E-state index contributed by atoms with van der Waals surface area (Å²) in [7, 11) is 0. The fourth-order valence-electron chi connectivity index (χ4n) is 1.32. The standard InChI is InChI=1S/C9H9F9N2O/c1-5(3-21)2-20(4-6(10,11)12)7(19,8(13,14)15)9(16,17)18/h3H,1-2,4,19H2. The highest BCUT2D eigenvalue weighted by Crippen LogP contribution is 2.44. The van der Waals surface area contributed by atoms with Crippen LogP contribution in [0.4, 0.5) is 39.5 Å². The summed E-state index contributed by atoms with van der Waals surface area (Å²) in [4.78, 5) is 9.09. The van der Waals surface area contributed by atoms with Crippen LogP contribution in [0, 0.1) is 0 Å². The molecule has 124 valence electrons. The number of alkyl halides is 9. The van der Waals surface area contributed by atoms with Crippen molar-refractivity contribution in [2.45, 2.75) is 24.2 Å². The van der Waals surface area contributed by atoms with Crippen LogP contribution in [-0.4, -0.2) is 48.5 Å². The third-order valence-electron chi connectivity index (χ3n) is 2.29. The number of nitrogens with zero attached hydrogens (tertiary/aromatic N) is 1. The number of rotatable bonds is 5. The monoisotopic (exact) mass is 332 g/mol. The molecule has 2 N–H and O–H groups in total. The molecule has 21 heavy (non-hydrogen) atoms. The van der Waals surface area contributed by atoms with E-state index in [2.05, 4.69) is 12.3 Å². The smallest absolute Gasteiger partial charge is 0.298 e. The molecule has 0 aromatic carbocycles. The Hall–Kier alpha value is -1.30. The number of carbonyl (C=O) groups excluding carboxylic acids is 1. The molecule has 0 heterocycles. The Kier molecular flexibility index (Phi) is 5.47. The van der Waals surface area contributed by atoms with E-state index in [1.165, 1.54) is 0 Å². The predicted molar refractivity (Wildman–Crippen MR) is 51.9 cm³/mol. The van der Waals surface area contributed by atoms with E-state index in [9.17, 15) is 44.3 Å². The first-order chi connectivity index (χ1) is 9.06. The quantitative estimate of drug-likeness (QED) is 0.364. The molecule has 0 fully saturated rings. The van der Waals surface area contributed by atoms with Crippen molar-refractivity contribution in [2.75, 3.05) is 13.1 Å². The zero-order chi connectivity index (χ0) is 17.3. The van der Waals surface area contributed by atoms with Gasteiger partial charge in [0.05, 0.1) is 6.54 Å². The van der Waals surface area contributed by atoms with E-state index in [1.807, 2.05) is 0 Å². The molecule has 0 amide bonds. The molecule has 0 aliphatic heterocycles. The summed E-state index contributed by atoms with van der Waals surface area (Å²) in [6, 6.07) is 0. The molecule has 0 aromatic heterocycles. The van der Waals surface area contributed by atoms with Crippen LogP contribution in [0.3, 0.4) is 0 Å². The number of halogens is 9. The lowest BCUT2D eigenvalue weighted by molar-refractivity contribution is -0.346. The minimum atomic E-state index is -6.26. The zero-order valence-electron chi connectivity index (χ0n) is 10.0. The Morgan fingerprint density at radius 2 is 1.38 bits per heavy atom. The van der Waals surface area contributed by atoms with E-state index in [0.29, 0.717) is 0 Å². The second kappa shape index (κ2) is 5.83. The zero-order valence-corrected chi connectivity index (χ0v) is 10.0. The van der Waals surface area contributed by atoms with Gasteiger partial charge >= 0.3 is 18.5 Å². The SMILES string of the molecule is C=C(C=O)CN(CC(F)(F)F)C(N)(C(F)(F)F)C(F)(F)F. The Morgan fingerprint density at radius 3 is 1.62 bits per heavy atom. The highest BCUT2D eigenvalue weighted by molar-refractivity contribution is 5.72. The van der Waals surface area contributed by atoms with Crippen molar-refractivity contribution in [2.24, 2.45) is 5.73 Å². The predicted octanol–water partition coefficient (Wildman–Crippen LogP) is 2.39. The third kappa shape index (κ3) is 4.59. The van der Waals surface area contributed by atoms with Gasteiger partial charge in [-0.3, -0.25) is 15.4 Å². The molecule has 0 saturated heterocycles. The highest BCUT2D eigenvalue weighted by Gasteiger charge is 2.72. The largest absolute Gasteiger partial charge is 0.429 e. The minimum absolute atomic E-state index is 0.267. The van der Waals surface area contributed by atoms with Gasteiger partial charge in [0.25, 0.3) is 5.66 Å². The minimum Gasteiger partial charge on any atom is -0.298 e.